The van der Waals surface area contributed by atoms with Crippen LogP contribution in [0.25, 0.3) is 11.8 Å². The van der Waals surface area contributed by atoms with Crippen molar-refractivity contribution in [3.8, 4) is 5.69 Å². The molecule has 2 heterocycles. The Labute approximate surface area is 187 Å². The van der Waals surface area contributed by atoms with Gasteiger partial charge in [-0.05, 0) is 75.7 Å². The van der Waals surface area contributed by atoms with Crippen LogP contribution in [0.15, 0.2) is 71.3 Å². The van der Waals surface area contributed by atoms with Gasteiger partial charge in [-0.15, -0.1) is 0 Å². The van der Waals surface area contributed by atoms with Crippen LogP contribution in [0.5, 0.6) is 0 Å². The largest absolute Gasteiger partial charge is 0.462 e. The molecule has 1 aliphatic heterocycles. The van der Waals surface area contributed by atoms with Crippen LogP contribution in [0.1, 0.15) is 41.2 Å². The Morgan fingerprint density at radius 3 is 2.44 bits per heavy atom. The summed E-state index contributed by atoms with van der Waals surface area (Å²) in [6, 6.07) is 18.8. The molecule has 0 bridgehead atoms. The fourth-order valence-electron chi connectivity index (χ4n) is 3.90. The van der Waals surface area contributed by atoms with Gasteiger partial charge in [0.2, 0.25) is 0 Å². The standard InChI is InChI=1S/C26H25N3O3/c1-5-32-26(31)20-10-9-13-23(15-20)28-17(2)14-21(19(28)4)16-24-18(3)27-29(25(24)30)22-11-7-6-8-12-22/h6-16H,5H2,1-4H3/b24-16-. The molecule has 0 unspecified atom stereocenters. The Bertz CT molecular complexity index is 1250. The number of carbonyl (C=O) groups is 2. The number of nitrogens with zero attached hydrogens (tertiary/aromatic N) is 3. The lowest BCUT2D eigenvalue weighted by Crippen LogP contribution is -2.21. The average Bonchev–Trinajstić information content (AvgIpc) is 3.24. The zero-order chi connectivity index (χ0) is 22.8. The highest BCUT2D eigenvalue weighted by molar-refractivity contribution is 6.32. The van der Waals surface area contributed by atoms with E-state index in [2.05, 4.69) is 9.67 Å². The van der Waals surface area contributed by atoms with Gasteiger partial charge in [0.1, 0.15) is 0 Å². The number of para-hydroxylation sites is 1. The second-order valence-corrected chi connectivity index (χ2v) is 7.63. The van der Waals surface area contributed by atoms with Crippen molar-refractivity contribution >= 4 is 29.4 Å². The summed E-state index contributed by atoms with van der Waals surface area (Å²) in [7, 11) is 0. The van der Waals surface area contributed by atoms with Crippen LogP contribution in [0, 0.1) is 13.8 Å². The summed E-state index contributed by atoms with van der Waals surface area (Å²) in [5.74, 6) is -0.494. The Kier molecular flexibility index (Phi) is 5.77. The normalized spacial score (nSPS) is 14.8. The molecule has 4 rings (SSSR count). The van der Waals surface area contributed by atoms with Gasteiger partial charge in [-0.25, -0.2) is 4.79 Å². The van der Waals surface area contributed by atoms with Crippen LogP contribution in [0.3, 0.4) is 0 Å². The summed E-state index contributed by atoms with van der Waals surface area (Å²) < 4.78 is 7.20. The molecule has 0 spiro atoms. The summed E-state index contributed by atoms with van der Waals surface area (Å²) in [4.78, 5) is 25.2. The zero-order valence-corrected chi connectivity index (χ0v) is 18.6. The van der Waals surface area contributed by atoms with Crippen LogP contribution in [0.4, 0.5) is 5.69 Å². The van der Waals surface area contributed by atoms with Crippen molar-refractivity contribution < 1.29 is 14.3 Å². The molecule has 6 nitrogen and oxygen atoms in total. The molecule has 0 fully saturated rings. The van der Waals surface area contributed by atoms with Gasteiger partial charge in [-0.2, -0.15) is 10.1 Å². The number of hydrazone groups is 1. The molecule has 0 N–H and O–H groups in total. The van der Waals surface area contributed by atoms with Crippen LogP contribution < -0.4 is 5.01 Å². The third-order valence-electron chi connectivity index (χ3n) is 5.45. The van der Waals surface area contributed by atoms with Crippen molar-refractivity contribution in [3.05, 3.63) is 88.8 Å². The molecule has 0 atom stereocenters. The van der Waals surface area contributed by atoms with Gasteiger partial charge in [-0.1, -0.05) is 24.3 Å². The molecule has 0 saturated carbocycles. The van der Waals surface area contributed by atoms with E-state index < -0.39 is 0 Å². The zero-order valence-electron chi connectivity index (χ0n) is 18.6. The quantitative estimate of drug-likeness (QED) is 0.421. The minimum absolute atomic E-state index is 0.150. The maximum atomic E-state index is 13.1. The molecule has 32 heavy (non-hydrogen) atoms. The van der Waals surface area contributed by atoms with Gasteiger partial charge in [0.25, 0.3) is 5.91 Å². The van der Waals surface area contributed by atoms with E-state index in [-0.39, 0.29) is 11.9 Å². The highest BCUT2D eigenvalue weighted by Gasteiger charge is 2.29. The van der Waals surface area contributed by atoms with Crippen molar-refractivity contribution in [1.29, 1.82) is 0 Å². The molecular weight excluding hydrogens is 402 g/mol. The monoisotopic (exact) mass is 427 g/mol. The number of hydrogen-bond acceptors (Lipinski definition) is 4. The summed E-state index contributed by atoms with van der Waals surface area (Å²) in [5, 5.41) is 5.89. The first-order valence-electron chi connectivity index (χ1n) is 10.5. The van der Waals surface area contributed by atoms with E-state index in [0.717, 1.165) is 28.3 Å². The molecule has 162 valence electrons. The van der Waals surface area contributed by atoms with Crippen molar-refractivity contribution in [2.75, 3.05) is 11.6 Å². The highest BCUT2D eigenvalue weighted by atomic mass is 16.5. The number of aryl methyl sites for hydroxylation is 1. The molecule has 1 aliphatic rings. The SMILES string of the molecule is CCOC(=O)c1cccc(-n2c(C)cc(/C=C3\C(=O)N(c4ccccc4)N=C3C)c2C)c1. The molecule has 0 radical (unpaired) electrons. The minimum Gasteiger partial charge on any atom is -0.462 e. The number of benzene rings is 2. The first-order valence-corrected chi connectivity index (χ1v) is 10.5. The van der Waals surface area contributed by atoms with Crippen molar-refractivity contribution in [2.45, 2.75) is 27.7 Å². The summed E-state index contributed by atoms with van der Waals surface area (Å²) in [5.41, 5.74) is 6.24. The second-order valence-electron chi connectivity index (χ2n) is 7.63. The Balaban J connectivity index is 1.70. The number of ether oxygens (including phenoxy) is 1. The van der Waals surface area contributed by atoms with Gasteiger partial charge in [0, 0.05) is 17.1 Å². The van der Waals surface area contributed by atoms with Crippen LogP contribution >= 0.6 is 0 Å². The summed E-state index contributed by atoms with van der Waals surface area (Å²) >= 11 is 0. The lowest BCUT2D eigenvalue weighted by Gasteiger charge is -2.12. The van der Waals surface area contributed by atoms with Crippen molar-refractivity contribution in [2.24, 2.45) is 5.10 Å². The average molecular weight is 428 g/mol. The first kappa shape index (κ1) is 21.3. The minimum atomic E-state index is -0.344. The van der Waals surface area contributed by atoms with E-state index in [0.29, 0.717) is 23.5 Å². The first-order chi connectivity index (χ1) is 15.4. The molecule has 2 aromatic carbocycles. The van der Waals surface area contributed by atoms with Crippen molar-refractivity contribution in [1.82, 2.24) is 4.57 Å². The lowest BCUT2D eigenvalue weighted by atomic mass is 10.1. The Morgan fingerprint density at radius 2 is 1.72 bits per heavy atom. The van der Waals surface area contributed by atoms with E-state index in [9.17, 15) is 9.59 Å². The number of aromatic nitrogens is 1. The predicted octanol–water partition coefficient (Wildman–Crippen LogP) is 5.08. The predicted molar refractivity (Wildman–Crippen MR) is 126 cm³/mol. The molecule has 0 aliphatic carbocycles. The fourth-order valence-corrected chi connectivity index (χ4v) is 3.90. The van der Waals surface area contributed by atoms with Gasteiger partial charge >= 0.3 is 5.97 Å². The van der Waals surface area contributed by atoms with Crippen LogP contribution in [0.2, 0.25) is 0 Å². The summed E-state index contributed by atoms with van der Waals surface area (Å²) in [6.45, 7) is 7.96. The van der Waals surface area contributed by atoms with Gasteiger partial charge < -0.3 is 9.30 Å². The number of rotatable bonds is 5. The van der Waals surface area contributed by atoms with E-state index in [1.807, 2.05) is 81.4 Å². The van der Waals surface area contributed by atoms with E-state index in [1.165, 1.54) is 5.01 Å². The van der Waals surface area contributed by atoms with Gasteiger partial charge in [0.15, 0.2) is 0 Å². The molecule has 0 saturated heterocycles. The number of amides is 1. The molecule has 3 aromatic rings. The van der Waals surface area contributed by atoms with E-state index >= 15 is 0 Å². The lowest BCUT2D eigenvalue weighted by molar-refractivity contribution is -0.114. The summed E-state index contributed by atoms with van der Waals surface area (Å²) in [6.07, 6.45) is 1.89. The topological polar surface area (TPSA) is 63.9 Å². The number of esters is 1. The maximum Gasteiger partial charge on any atom is 0.338 e. The van der Waals surface area contributed by atoms with E-state index in [1.54, 1.807) is 13.0 Å². The third kappa shape index (κ3) is 3.87. The third-order valence-corrected chi connectivity index (χ3v) is 5.45. The van der Waals surface area contributed by atoms with Gasteiger partial charge in [0.05, 0.1) is 29.1 Å². The molecule has 1 amide bonds. The highest BCUT2D eigenvalue weighted by Crippen LogP contribution is 2.28. The fraction of sp³-hybridized carbons (Fsp3) is 0.192. The number of hydrogen-bond donors (Lipinski definition) is 0. The van der Waals surface area contributed by atoms with E-state index in [4.69, 9.17) is 4.74 Å². The number of anilines is 1. The van der Waals surface area contributed by atoms with Gasteiger partial charge in [-0.3, -0.25) is 4.79 Å². The van der Waals surface area contributed by atoms with Crippen LogP contribution in [-0.4, -0.2) is 28.8 Å². The molecule has 6 heteroatoms. The number of carbonyl (C=O) groups excluding carboxylic acids is 2. The smallest absolute Gasteiger partial charge is 0.338 e. The van der Waals surface area contributed by atoms with Crippen molar-refractivity contribution in [3.63, 3.8) is 0 Å². The Morgan fingerprint density at radius 1 is 1.00 bits per heavy atom. The maximum absolute atomic E-state index is 13.1. The molecule has 1 aromatic heterocycles. The van der Waals surface area contributed by atoms with Crippen LogP contribution in [-0.2, 0) is 9.53 Å². The Hall–Kier alpha value is -3.93. The molecular formula is C26H25N3O3. The second kappa shape index (κ2) is 8.67.